The van der Waals surface area contributed by atoms with Gasteiger partial charge in [-0.1, -0.05) is 13.8 Å². The standard InChI is InChI=1S/C11H14ClF2NO4S2/c1-7(2)3-4-20(16,17)15-11-9(13)5-8(6-10(11)14)21(12,18)19/h5-7,15H,3-4H2,1-2H3. The monoisotopic (exact) mass is 361 g/mol. The Morgan fingerprint density at radius 1 is 1.14 bits per heavy atom. The number of nitrogens with one attached hydrogen (secondary N) is 1. The third-order valence-corrected chi connectivity index (χ3v) is 5.14. The molecule has 0 spiro atoms. The molecule has 0 atom stereocenters. The van der Waals surface area contributed by atoms with Gasteiger partial charge in [-0.2, -0.15) is 0 Å². The first-order chi connectivity index (χ1) is 9.42. The van der Waals surface area contributed by atoms with Crippen LogP contribution in [0.5, 0.6) is 0 Å². The number of halogens is 3. The van der Waals surface area contributed by atoms with Crippen LogP contribution in [-0.2, 0) is 19.1 Å². The lowest BCUT2D eigenvalue weighted by atomic mass is 10.2. The Labute approximate surface area is 126 Å². The zero-order valence-corrected chi connectivity index (χ0v) is 13.6. The highest BCUT2D eigenvalue weighted by atomic mass is 35.7. The maximum atomic E-state index is 13.7. The molecule has 1 rings (SSSR count). The lowest BCUT2D eigenvalue weighted by Gasteiger charge is -2.11. The van der Waals surface area contributed by atoms with Gasteiger partial charge in [-0.05, 0) is 24.5 Å². The Balaban J connectivity index is 3.11. The number of anilines is 1. The van der Waals surface area contributed by atoms with Crippen molar-refractivity contribution in [2.24, 2.45) is 5.92 Å². The fourth-order valence-electron chi connectivity index (χ4n) is 1.39. The van der Waals surface area contributed by atoms with Crippen molar-refractivity contribution >= 4 is 35.4 Å². The van der Waals surface area contributed by atoms with Gasteiger partial charge in [0.25, 0.3) is 9.05 Å². The second-order valence-electron chi connectivity index (χ2n) is 4.80. The molecule has 0 fully saturated rings. The molecule has 0 radical (unpaired) electrons. The summed E-state index contributed by atoms with van der Waals surface area (Å²) >= 11 is 0. The van der Waals surface area contributed by atoms with Crippen LogP contribution in [0.3, 0.4) is 0 Å². The van der Waals surface area contributed by atoms with E-state index in [1.807, 2.05) is 0 Å². The predicted octanol–water partition coefficient (Wildman–Crippen LogP) is 2.68. The maximum Gasteiger partial charge on any atom is 0.261 e. The first-order valence-corrected chi connectivity index (χ1v) is 9.83. The maximum absolute atomic E-state index is 13.7. The highest BCUT2D eigenvalue weighted by Gasteiger charge is 2.21. The molecule has 5 nitrogen and oxygen atoms in total. The van der Waals surface area contributed by atoms with Crippen LogP contribution in [0.2, 0.25) is 0 Å². The third kappa shape index (κ3) is 5.40. The summed E-state index contributed by atoms with van der Waals surface area (Å²) in [4.78, 5) is -0.788. The summed E-state index contributed by atoms with van der Waals surface area (Å²) in [5.41, 5.74) is -0.928. The van der Waals surface area contributed by atoms with Crippen LogP contribution in [0, 0.1) is 17.6 Å². The molecule has 0 aromatic heterocycles. The second kappa shape index (κ2) is 6.45. The molecule has 0 heterocycles. The van der Waals surface area contributed by atoms with E-state index in [9.17, 15) is 25.6 Å². The number of sulfonamides is 1. The van der Waals surface area contributed by atoms with Crippen LogP contribution in [0.15, 0.2) is 17.0 Å². The molecule has 0 aliphatic rings. The third-order valence-electron chi connectivity index (χ3n) is 2.52. The normalized spacial score (nSPS) is 12.7. The zero-order chi connectivity index (χ0) is 16.4. The minimum absolute atomic E-state index is 0.0973. The van der Waals surface area contributed by atoms with E-state index in [-0.39, 0.29) is 11.7 Å². The lowest BCUT2D eigenvalue weighted by molar-refractivity contribution is 0.567. The van der Waals surface area contributed by atoms with Crippen molar-refractivity contribution in [2.75, 3.05) is 10.5 Å². The van der Waals surface area contributed by atoms with E-state index < -0.39 is 41.3 Å². The molecule has 0 bridgehead atoms. The molecular weight excluding hydrogens is 348 g/mol. The van der Waals surface area contributed by atoms with Gasteiger partial charge in [0, 0.05) is 10.7 Å². The molecule has 1 N–H and O–H groups in total. The Bertz CT molecular complexity index is 710. The van der Waals surface area contributed by atoms with Gasteiger partial charge in [0.2, 0.25) is 10.0 Å². The minimum Gasteiger partial charge on any atom is -0.278 e. The molecule has 1 aromatic rings. The number of hydrogen-bond acceptors (Lipinski definition) is 4. The van der Waals surface area contributed by atoms with Gasteiger partial charge in [0.05, 0.1) is 10.6 Å². The number of benzene rings is 1. The summed E-state index contributed by atoms with van der Waals surface area (Å²) in [6.45, 7) is 3.60. The van der Waals surface area contributed by atoms with Crippen molar-refractivity contribution in [1.29, 1.82) is 0 Å². The largest absolute Gasteiger partial charge is 0.278 e. The highest BCUT2D eigenvalue weighted by Crippen LogP contribution is 2.26. The van der Waals surface area contributed by atoms with Crippen LogP contribution in [0.25, 0.3) is 0 Å². The summed E-state index contributed by atoms with van der Waals surface area (Å²) in [6.07, 6.45) is 0.312. The summed E-state index contributed by atoms with van der Waals surface area (Å²) in [7, 11) is -3.28. The van der Waals surface area contributed by atoms with Gasteiger partial charge in [0.15, 0.2) is 11.6 Å². The van der Waals surface area contributed by atoms with Crippen molar-refractivity contribution in [3.8, 4) is 0 Å². The number of rotatable bonds is 6. The van der Waals surface area contributed by atoms with E-state index >= 15 is 0 Å². The van der Waals surface area contributed by atoms with Gasteiger partial charge in [0.1, 0.15) is 5.69 Å². The summed E-state index contributed by atoms with van der Waals surface area (Å²) in [6, 6.07) is 0.900. The highest BCUT2D eigenvalue weighted by molar-refractivity contribution is 8.13. The fraction of sp³-hybridized carbons (Fsp3) is 0.455. The van der Waals surface area contributed by atoms with Crippen LogP contribution in [-0.4, -0.2) is 22.6 Å². The van der Waals surface area contributed by atoms with Crippen molar-refractivity contribution < 1.29 is 25.6 Å². The van der Waals surface area contributed by atoms with Crippen LogP contribution < -0.4 is 4.72 Å². The molecule has 120 valence electrons. The topological polar surface area (TPSA) is 80.3 Å². The SMILES string of the molecule is CC(C)CCS(=O)(=O)Nc1c(F)cc(S(=O)(=O)Cl)cc1F. The molecule has 10 heteroatoms. The van der Waals surface area contributed by atoms with E-state index in [0.29, 0.717) is 18.6 Å². The van der Waals surface area contributed by atoms with Crippen molar-refractivity contribution in [2.45, 2.75) is 25.2 Å². The summed E-state index contributed by atoms with van der Waals surface area (Å²) < 4.78 is 74.5. The average molecular weight is 362 g/mol. The van der Waals surface area contributed by atoms with Crippen molar-refractivity contribution in [3.05, 3.63) is 23.8 Å². The minimum atomic E-state index is -4.31. The van der Waals surface area contributed by atoms with Crippen LogP contribution >= 0.6 is 10.7 Å². The van der Waals surface area contributed by atoms with Gasteiger partial charge in [-0.25, -0.2) is 25.6 Å². The summed E-state index contributed by atoms with van der Waals surface area (Å²) in [5.74, 6) is -2.93. The summed E-state index contributed by atoms with van der Waals surface area (Å²) in [5, 5.41) is 0. The predicted molar refractivity (Wildman–Crippen MR) is 76.3 cm³/mol. The van der Waals surface area contributed by atoms with E-state index in [1.165, 1.54) is 0 Å². The van der Waals surface area contributed by atoms with Gasteiger partial charge in [-0.3, -0.25) is 4.72 Å². The molecule has 0 aliphatic carbocycles. The first-order valence-electron chi connectivity index (χ1n) is 5.86. The Morgan fingerprint density at radius 3 is 2.00 bits per heavy atom. The smallest absolute Gasteiger partial charge is 0.261 e. The van der Waals surface area contributed by atoms with Crippen LogP contribution in [0.4, 0.5) is 14.5 Å². The molecule has 0 saturated heterocycles. The van der Waals surface area contributed by atoms with E-state index in [2.05, 4.69) is 0 Å². The Morgan fingerprint density at radius 2 is 1.62 bits per heavy atom. The van der Waals surface area contributed by atoms with E-state index in [1.54, 1.807) is 18.6 Å². The first kappa shape index (κ1) is 18.1. The molecule has 0 amide bonds. The van der Waals surface area contributed by atoms with E-state index in [4.69, 9.17) is 10.7 Å². The fourth-order valence-corrected chi connectivity index (χ4v) is 3.53. The Hall–Kier alpha value is -0.930. The zero-order valence-electron chi connectivity index (χ0n) is 11.2. The van der Waals surface area contributed by atoms with E-state index in [0.717, 1.165) is 0 Å². The molecule has 0 aliphatic heterocycles. The molecular formula is C11H14ClF2NO4S2. The van der Waals surface area contributed by atoms with Gasteiger partial charge >= 0.3 is 0 Å². The lowest BCUT2D eigenvalue weighted by Crippen LogP contribution is -2.19. The molecule has 0 unspecified atom stereocenters. The van der Waals surface area contributed by atoms with Crippen LogP contribution in [0.1, 0.15) is 20.3 Å². The molecule has 0 saturated carbocycles. The molecule has 21 heavy (non-hydrogen) atoms. The molecule has 1 aromatic carbocycles. The average Bonchev–Trinajstić information content (AvgIpc) is 2.30. The Kier molecular flexibility index (Phi) is 5.57. The quantitative estimate of drug-likeness (QED) is 0.790. The van der Waals surface area contributed by atoms with Crippen molar-refractivity contribution in [1.82, 2.24) is 0 Å². The van der Waals surface area contributed by atoms with Crippen molar-refractivity contribution in [3.63, 3.8) is 0 Å². The van der Waals surface area contributed by atoms with Gasteiger partial charge < -0.3 is 0 Å². The number of hydrogen-bond donors (Lipinski definition) is 1. The van der Waals surface area contributed by atoms with Gasteiger partial charge in [-0.15, -0.1) is 0 Å². The second-order valence-corrected chi connectivity index (χ2v) is 9.21.